The second-order valence-electron chi connectivity index (χ2n) is 8.95. The minimum atomic E-state index is -0.929. The number of likely N-dealkylation sites (N-methyl/N-ethyl adjacent to an activating group) is 1. The first-order chi connectivity index (χ1) is 13.4. The molecule has 0 aromatic heterocycles. The van der Waals surface area contributed by atoms with E-state index in [1.165, 1.54) is 0 Å². The number of hydrogen-bond acceptors (Lipinski definition) is 5. The Morgan fingerprint density at radius 1 is 1.34 bits per heavy atom. The van der Waals surface area contributed by atoms with Crippen LogP contribution in [-0.4, -0.2) is 59.6 Å². The standard InChI is InChI=1S/C20H27Br2N3O4/c1-19(2,3)17-23(4)18(26)20(7-6-8-24(17)20)13(11-25(27)28)12-9-16(29-5)15(22)10-14(12)21/h9-10,13,17H,6-8,11H2,1-5H3/t13-,17-,20-/m0/s1. The van der Waals surface area contributed by atoms with Gasteiger partial charge in [0.25, 0.3) is 0 Å². The largest absolute Gasteiger partial charge is 0.496 e. The van der Waals surface area contributed by atoms with E-state index in [9.17, 15) is 14.9 Å². The minimum absolute atomic E-state index is 0.0319. The number of nitrogens with zero attached hydrogens (tertiary/aromatic N) is 3. The average molecular weight is 533 g/mol. The summed E-state index contributed by atoms with van der Waals surface area (Å²) in [5.74, 6) is -0.0436. The first kappa shape index (κ1) is 22.5. The summed E-state index contributed by atoms with van der Waals surface area (Å²) >= 11 is 7.04. The number of hydrogen-bond donors (Lipinski definition) is 0. The molecule has 0 bridgehead atoms. The van der Waals surface area contributed by atoms with Gasteiger partial charge in [0.1, 0.15) is 11.3 Å². The molecule has 0 spiro atoms. The molecular weight excluding hydrogens is 506 g/mol. The fourth-order valence-electron chi connectivity index (χ4n) is 5.25. The molecule has 2 aliphatic heterocycles. The van der Waals surface area contributed by atoms with Gasteiger partial charge in [-0.05, 0) is 51.9 Å². The van der Waals surface area contributed by atoms with Crippen LogP contribution < -0.4 is 4.74 Å². The van der Waals surface area contributed by atoms with Gasteiger partial charge in [0.05, 0.1) is 23.7 Å². The Balaban J connectivity index is 2.22. The summed E-state index contributed by atoms with van der Waals surface area (Å²) in [5, 5.41) is 11.7. The lowest BCUT2D eigenvalue weighted by Crippen LogP contribution is -2.54. The number of ether oxygens (including phenoxy) is 1. The predicted molar refractivity (Wildman–Crippen MR) is 118 cm³/mol. The van der Waals surface area contributed by atoms with E-state index in [4.69, 9.17) is 4.74 Å². The van der Waals surface area contributed by atoms with E-state index in [1.807, 2.05) is 19.2 Å². The fraction of sp³-hybridized carbons (Fsp3) is 0.650. The van der Waals surface area contributed by atoms with Gasteiger partial charge in [-0.1, -0.05) is 36.7 Å². The second-order valence-corrected chi connectivity index (χ2v) is 10.7. The van der Waals surface area contributed by atoms with E-state index in [-0.39, 0.29) is 29.0 Å². The molecule has 7 nitrogen and oxygen atoms in total. The van der Waals surface area contributed by atoms with Gasteiger partial charge < -0.3 is 9.64 Å². The summed E-state index contributed by atoms with van der Waals surface area (Å²) in [6, 6.07) is 3.65. The number of halogens is 2. The fourth-order valence-corrected chi connectivity index (χ4v) is 6.69. The third kappa shape index (κ3) is 3.59. The summed E-state index contributed by atoms with van der Waals surface area (Å²) in [7, 11) is 3.38. The Hall–Kier alpha value is -1.19. The smallest absolute Gasteiger partial charge is 0.245 e. The quantitative estimate of drug-likeness (QED) is 0.418. The zero-order valence-electron chi connectivity index (χ0n) is 17.4. The third-order valence-electron chi connectivity index (χ3n) is 6.15. The molecule has 0 radical (unpaired) electrons. The van der Waals surface area contributed by atoms with E-state index < -0.39 is 11.5 Å². The van der Waals surface area contributed by atoms with Crippen LogP contribution >= 0.6 is 31.9 Å². The zero-order chi connectivity index (χ0) is 21.7. The molecule has 2 aliphatic rings. The molecule has 1 amide bonds. The molecule has 0 aliphatic carbocycles. The number of carbonyl (C=O) groups is 1. The lowest BCUT2D eigenvalue weighted by Gasteiger charge is -2.41. The Bertz CT molecular complexity index is 842. The highest BCUT2D eigenvalue weighted by Gasteiger charge is 2.65. The highest BCUT2D eigenvalue weighted by molar-refractivity contribution is 9.11. The van der Waals surface area contributed by atoms with Crippen molar-refractivity contribution in [3.63, 3.8) is 0 Å². The van der Waals surface area contributed by atoms with E-state index in [2.05, 4.69) is 57.5 Å². The maximum Gasteiger partial charge on any atom is 0.245 e. The number of nitro groups is 1. The average Bonchev–Trinajstić information content (AvgIpc) is 3.11. The summed E-state index contributed by atoms with van der Waals surface area (Å²) in [6.07, 6.45) is 1.33. The molecule has 9 heteroatoms. The summed E-state index contributed by atoms with van der Waals surface area (Å²) < 4.78 is 6.92. The van der Waals surface area contributed by atoms with Gasteiger partial charge in [0.2, 0.25) is 12.5 Å². The maximum atomic E-state index is 13.7. The van der Waals surface area contributed by atoms with E-state index in [0.717, 1.165) is 27.5 Å². The van der Waals surface area contributed by atoms with Crippen molar-refractivity contribution in [2.45, 2.75) is 51.2 Å². The lowest BCUT2D eigenvalue weighted by atomic mass is 9.76. The van der Waals surface area contributed by atoms with Crippen LogP contribution in [0.4, 0.5) is 0 Å². The van der Waals surface area contributed by atoms with Crippen molar-refractivity contribution in [2.75, 3.05) is 27.2 Å². The number of benzene rings is 1. The third-order valence-corrected chi connectivity index (χ3v) is 7.46. The van der Waals surface area contributed by atoms with Gasteiger partial charge in [-0.15, -0.1) is 0 Å². The molecule has 0 unspecified atom stereocenters. The first-order valence-corrected chi connectivity index (χ1v) is 11.2. The maximum absolute atomic E-state index is 13.7. The van der Waals surface area contributed by atoms with Crippen molar-refractivity contribution >= 4 is 37.8 Å². The number of fused-ring (bicyclic) bond motifs is 1. The molecule has 1 aromatic rings. The molecule has 3 atom stereocenters. The Kier molecular flexibility index (Phi) is 6.06. The topological polar surface area (TPSA) is 75.9 Å². The van der Waals surface area contributed by atoms with Gasteiger partial charge in [-0.2, -0.15) is 0 Å². The molecule has 29 heavy (non-hydrogen) atoms. The van der Waals surface area contributed by atoms with Crippen molar-refractivity contribution in [2.24, 2.45) is 5.41 Å². The number of rotatable bonds is 5. The molecule has 2 heterocycles. The van der Waals surface area contributed by atoms with Crippen LogP contribution in [0.25, 0.3) is 0 Å². The SMILES string of the molecule is COc1cc([C@H](C[N+](=O)[O-])[C@]23CCCN2[C@@H](C(C)(C)C)N(C)C3=O)c(Br)cc1Br. The van der Waals surface area contributed by atoms with Crippen LogP contribution in [0, 0.1) is 15.5 Å². The molecule has 2 fully saturated rings. The Morgan fingerprint density at radius 2 is 2.00 bits per heavy atom. The Morgan fingerprint density at radius 3 is 2.55 bits per heavy atom. The minimum Gasteiger partial charge on any atom is -0.496 e. The van der Waals surface area contributed by atoms with Crippen molar-refractivity contribution in [3.05, 3.63) is 36.8 Å². The molecule has 2 saturated heterocycles. The van der Waals surface area contributed by atoms with Crippen LogP contribution in [0.1, 0.15) is 45.1 Å². The van der Waals surface area contributed by atoms with E-state index in [0.29, 0.717) is 12.2 Å². The van der Waals surface area contributed by atoms with Crippen LogP contribution in [0.5, 0.6) is 5.75 Å². The van der Waals surface area contributed by atoms with Gasteiger partial charge in [-0.3, -0.25) is 19.8 Å². The molecule has 160 valence electrons. The molecular formula is C20H27Br2N3O4. The normalized spacial score (nSPS) is 26.0. The van der Waals surface area contributed by atoms with Gasteiger partial charge in [0, 0.05) is 23.0 Å². The molecule has 1 aromatic carbocycles. The zero-order valence-corrected chi connectivity index (χ0v) is 20.5. The first-order valence-electron chi connectivity index (χ1n) is 9.64. The van der Waals surface area contributed by atoms with Crippen LogP contribution in [-0.2, 0) is 4.79 Å². The molecule has 0 N–H and O–H groups in total. The highest BCUT2D eigenvalue weighted by Crippen LogP contribution is 2.53. The Labute approximate surface area is 188 Å². The lowest BCUT2D eigenvalue weighted by molar-refractivity contribution is -0.485. The number of methoxy groups -OCH3 is 1. The monoisotopic (exact) mass is 531 g/mol. The van der Waals surface area contributed by atoms with Crippen molar-refractivity contribution < 1.29 is 14.5 Å². The molecule has 3 rings (SSSR count). The van der Waals surface area contributed by atoms with E-state index >= 15 is 0 Å². The predicted octanol–water partition coefficient (Wildman–Crippen LogP) is 4.26. The summed E-state index contributed by atoms with van der Waals surface area (Å²) in [6.45, 7) is 6.75. The van der Waals surface area contributed by atoms with Crippen LogP contribution in [0.15, 0.2) is 21.1 Å². The van der Waals surface area contributed by atoms with Crippen LogP contribution in [0.3, 0.4) is 0 Å². The second kappa shape index (κ2) is 7.81. The summed E-state index contributed by atoms with van der Waals surface area (Å²) in [5.41, 5.74) is -0.379. The van der Waals surface area contributed by atoms with Crippen LogP contribution in [0.2, 0.25) is 0 Å². The van der Waals surface area contributed by atoms with Crippen molar-refractivity contribution in [1.82, 2.24) is 9.80 Å². The van der Waals surface area contributed by atoms with Gasteiger partial charge in [0.15, 0.2) is 0 Å². The molecule has 0 saturated carbocycles. The number of carbonyl (C=O) groups excluding carboxylic acids is 1. The van der Waals surface area contributed by atoms with Gasteiger partial charge in [-0.25, -0.2) is 0 Å². The van der Waals surface area contributed by atoms with E-state index in [1.54, 1.807) is 12.0 Å². The van der Waals surface area contributed by atoms with Crippen molar-refractivity contribution in [3.8, 4) is 5.75 Å². The van der Waals surface area contributed by atoms with Crippen molar-refractivity contribution in [1.29, 1.82) is 0 Å². The summed E-state index contributed by atoms with van der Waals surface area (Å²) in [4.78, 5) is 29.1. The highest BCUT2D eigenvalue weighted by atomic mass is 79.9. The van der Waals surface area contributed by atoms with Gasteiger partial charge >= 0.3 is 0 Å². The number of amides is 1.